The molecule has 2 aromatic rings. The molecule has 2 aliphatic rings. The van der Waals surface area contributed by atoms with Crippen molar-refractivity contribution >= 4 is 11.3 Å². The lowest BCUT2D eigenvalue weighted by molar-refractivity contribution is -0.0525. The molecule has 0 radical (unpaired) electrons. The number of hydrogen-bond donors (Lipinski definition) is 0. The van der Waals surface area contributed by atoms with Gasteiger partial charge in [-0.25, -0.2) is 9.97 Å². The van der Waals surface area contributed by atoms with Crippen LogP contribution in [-0.2, 0) is 24.4 Å². The van der Waals surface area contributed by atoms with Crippen molar-refractivity contribution in [1.29, 1.82) is 0 Å². The summed E-state index contributed by atoms with van der Waals surface area (Å²) in [5.74, 6) is 2.49. The van der Waals surface area contributed by atoms with Crippen LogP contribution >= 0.6 is 11.3 Å². The third-order valence-corrected chi connectivity index (χ3v) is 6.77. The van der Waals surface area contributed by atoms with Crippen LogP contribution in [0, 0.1) is 5.92 Å². The molecule has 0 saturated carbocycles. The normalized spacial score (nSPS) is 23.6. The number of piperidine rings is 1. The molecule has 2 aromatic heterocycles. The van der Waals surface area contributed by atoms with Crippen molar-refractivity contribution in [3.05, 3.63) is 34.3 Å². The molecule has 27 heavy (non-hydrogen) atoms. The summed E-state index contributed by atoms with van der Waals surface area (Å²) >= 11 is 1.82. The second-order valence-electron chi connectivity index (χ2n) is 8.13. The molecule has 0 bridgehead atoms. The number of aromatic nitrogens is 3. The van der Waals surface area contributed by atoms with Crippen LogP contribution < -0.4 is 0 Å². The van der Waals surface area contributed by atoms with Crippen LogP contribution in [0.2, 0.25) is 0 Å². The standard InChI is InChI=1S/C20H31N5OS/c1-15(2)17-14-27-20(22-17)13-23-6-4-18-16(10-23)11-25(18)12-19-21-5-7-24(19)8-9-26-3/h5,7,14-16,18H,4,6,8-13H2,1-3H3/t16-,18-/m0/s1. The van der Waals surface area contributed by atoms with E-state index >= 15 is 0 Å². The summed E-state index contributed by atoms with van der Waals surface area (Å²) in [4.78, 5) is 14.6. The summed E-state index contributed by atoms with van der Waals surface area (Å²) in [6.07, 6.45) is 5.23. The van der Waals surface area contributed by atoms with Crippen molar-refractivity contribution < 1.29 is 4.74 Å². The Kier molecular flexibility index (Phi) is 5.92. The molecular weight excluding hydrogens is 358 g/mol. The van der Waals surface area contributed by atoms with Gasteiger partial charge in [0.2, 0.25) is 0 Å². The van der Waals surface area contributed by atoms with Gasteiger partial charge < -0.3 is 9.30 Å². The maximum Gasteiger partial charge on any atom is 0.122 e. The molecule has 0 N–H and O–H groups in total. The van der Waals surface area contributed by atoms with E-state index in [0.717, 1.165) is 44.0 Å². The highest BCUT2D eigenvalue weighted by Crippen LogP contribution is 2.34. The molecule has 4 heterocycles. The van der Waals surface area contributed by atoms with E-state index in [4.69, 9.17) is 9.72 Å². The molecule has 7 heteroatoms. The molecule has 0 aromatic carbocycles. The molecule has 2 saturated heterocycles. The summed E-state index contributed by atoms with van der Waals surface area (Å²) < 4.78 is 7.43. The first-order chi connectivity index (χ1) is 13.1. The molecule has 148 valence electrons. The second-order valence-corrected chi connectivity index (χ2v) is 9.07. The first kappa shape index (κ1) is 19.1. The number of thiazole rings is 1. The van der Waals surface area contributed by atoms with Crippen LogP contribution in [0.25, 0.3) is 0 Å². The lowest BCUT2D eigenvalue weighted by Crippen LogP contribution is -2.62. The SMILES string of the molecule is COCCn1ccnc1CN1C[C@@H]2CN(Cc3nc(C(C)C)cs3)CC[C@@H]21. The first-order valence-electron chi connectivity index (χ1n) is 10.0. The highest BCUT2D eigenvalue weighted by Gasteiger charge is 2.42. The Balaban J connectivity index is 1.27. The highest BCUT2D eigenvalue weighted by atomic mass is 32.1. The summed E-state index contributed by atoms with van der Waals surface area (Å²) in [5.41, 5.74) is 1.24. The quantitative estimate of drug-likeness (QED) is 0.695. The fourth-order valence-corrected chi connectivity index (χ4v) is 5.30. The van der Waals surface area contributed by atoms with Crippen LogP contribution in [0.3, 0.4) is 0 Å². The van der Waals surface area contributed by atoms with Gasteiger partial charge in [0.15, 0.2) is 0 Å². The summed E-state index contributed by atoms with van der Waals surface area (Å²) in [6.45, 7) is 11.6. The largest absolute Gasteiger partial charge is 0.383 e. The maximum absolute atomic E-state index is 5.20. The number of hydrogen-bond acceptors (Lipinski definition) is 6. The van der Waals surface area contributed by atoms with E-state index in [1.807, 2.05) is 17.5 Å². The van der Waals surface area contributed by atoms with Gasteiger partial charge >= 0.3 is 0 Å². The third-order valence-electron chi connectivity index (χ3n) is 5.92. The van der Waals surface area contributed by atoms with Crippen LogP contribution in [0.1, 0.15) is 42.7 Å². The number of imidazole rings is 1. The average molecular weight is 390 g/mol. The molecule has 4 rings (SSSR count). The summed E-state index contributed by atoms with van der Waals surface area (Å²) in [6, 6.07) is 0.719. The molecule has 0 unspecified atom stereocenters. The van der Waals surface area contributed by atoms with Gasteiger partial charge in [-0.3, -0.25) is 9.80 Å². The summed E-state index contributed by atoms with van der Waals surface area (Å²) in [7, 11) is 1.75. The Morgan fingerprint density at radius 1 is 1.30 bits per heavy atom. The maximum atomic E-state index is 5.20. The van der Waals surface area contributed by atoms with Crippen molar-refractivity contribution in [3.63, 3.8) is 0 Å². The van der Waals surface area contributed by atoms with Crippen LogP contribution in [0.4, 0.5) is 0 Å². The summed E-state index contributed by atoms with van der Waals surface area (Å²) in [5, 5.41) is 3.50. The van der Waals surface area contributed by atoms with Crippen LogP contribution in [-0.4, -0.2) is 63.7 Å². The van der Waals surface area contributed by atoms with E-state index in [-0.39, 0.29) is 0 Å². The fourth-order valence-electron chi connectivity index (χ4n) is 4.30. The van der Waals surface area contributed by atoms with Crippen molar-refractivity contribution in [2.45, 2.75) is 51.9 Å². The monoisotopic (exact) mass is 389 g/mol. The molecule has 0 amide bonds. The van der Waals surface area contributed by atoms with Gasteiger partial charge in [-0.05, 0) is 18.3 Å². The van der Waals surface area contributed by atoms with Gasteiger partial charge in [0.25, 0.3) is 0 Å². The van der Waals surface area contributed by atoms with Gasteiger partial charge in [0, 0.05) is 57.1 Å². The van der Waals surface area contributed by atoms with Crippen LogP contribution in [0.15, 0.2) is 17.8 Å². The lowest BCUT2D eigenvalue weighted by Gasteiger charge is -2.53. The van der Waals surface area contributed by atoms with Crippen molar-refractivity contribution in [1.82, 2.24) is 24.3 Å². The Bertz CT molecular complexity index is 742. The molecule has 0 spiro atoms. The Hall–Kier alpha value is -1.28. The van der Waals surface area contributed by atoms with Gasteiger partial charge in [0.1, 0.15) is 10.8 Å². The highest BCUT2D eigenvalue weighted by molar-refractivity contribution is 7.09. The number of nitrogens with zero attached hydrogens (tertiary/aromatic N) is 5. The molecular formula is C20H31N5OS. The number of ether oxygens (including phenoxy) is 1. The van der Waals surface area contributed by atoms with Gasteiger partial charge in [-0.2, -0.15) is 0 Å². The molecule has 0 aliphatic carbocycles. The average Bonchev–Trinajstić information content (AvgIpc) is 3.27. The molecule has 6 nitrogen and oxygen atoms in total. The number of rotatable bonds is 8. The second kappa shape index (κ2) is 8.39. The van der Waals surface area contributed by atoms with Gasteiger partial charge in [-0.1, -0.05) is 13.8 Å². The van der Waals surface area contributed by atoms with Crippen molar-refractivity contribution in [3.8, 4) is 0 Å². The minimum absolute atomic E-state index is 0.525. The van der Waals surface area contributed by atoms with Gasteiger partial charge in [-0.15, -0.1) is 11.3 Å². The predicted molar refractivity (Wildman–Crippen MR) is 108 cm³/mol. The Labute approximate surface area is 166 Å². The van der Waals surface area contributed by atoms with E-state index in [1.54, 1.807) is 7.11 Å². The van der Waals surface area contributed by atoms with Crippen molar-refractivity contribution in [2.75, 3.05) is 33.4 Å². The van der Waals surface area contributed by atoms with E-state index < -0.39 is 0 Å². The first-order valence-corrected chi connectivity index (χ1v) is 10.9. The Morgan fingerprint density at radius 3 is 2.93 bits per heavy atom. The molecule has 2 aliphatic heterocycles. The van der Waals surface area contributed by atoms with E-state index in [1.165, 1.54) is 36.8 Å². The molecule has 2 fully saturated rings. The van der Waals surface area contributed by atoms with Crippen molar-refractivity contribution in [2.24, 2.45) is 5.92 Å². The van der Waals surface area contributed by atoms with E-state index in [9.17, 15) is 0 Å². The third kappa shape index (κ3) is 4.26. The minimum atomic E-state index is 0.525. The minimum Gasteiger partial charge on any atom is -0.383 e. The number of fused-ring (bicyclic) bond motifs is 1. The molecule has 2 atom stereocenters. The lowest BCUT2D eigenvalue weighted by atomic mass is 9.82. The van der Waals surface area contributed by atoms with E-state index in [2.05, 4.69) is 44.8 Å². The zero-order chi connectivity index (χ0) is 18.8. The Morgan fingerprint density at radius 2 is 2.19 bits per heavy atom. The van der Waals surface area contributed by atoms with Crippen LogP contribution in [0.5, 0.6) is 0 Å². The van der Waals surface area contributed by atoms with E-state index in [0.29, 0.717) is 5.92 Å². The van der Waals surface area contributed by atoms with Gasteiger partial charge in [0.05, 0.1) is 25.4 Å². The topological polar surface area (TPSA) is 46.4 Å². The zero-order valence-electron chi connectivity index (χ0n) is 16.7. The zero-order valence-corrected chi connectivity index (χ0v) is 17.5. The smallest absolute Gasteiger partial charge is 0.122 e. The predicted octanol–water partition coefficient (Wildman–Crippen LogP) is 2.82. The number of likely N-dealkylation sites (tertiary alicyclic amines) is 2. The number of methoxy groups -OCH3 is 1. The fraction of sp³-hybridized carbons (Fsp3) is 0.700.